The minimum atomic E-state index is -0.860. The summed E-state index contributed by atoms with van der Waals surface area (Å²) in [4.78, 5) is 30.6. The molecule has 1 aromatic heterocycles. The maximum atomic E-state index is 13.5. The van der Waals surface area contributed by atoms with E-state index in [1.54, 1.807) is 0 Å². The van der Waals surface area contributed by atoms with Gasteiger partial charge in [-0.1, -0.05) is 48.2 Å². The number of thioether (sulfide) groups is 1. The largest absolute Gasteiger partial charge is 0.320 e. The van der Waals surface area contributed by atoms with Crippen molar-refractivity contribution in [2.45, 2.75) is 5.16 Å². The highest BCUT2D eigenvalue weighted by Gasteiger charge is 2.13. The smallest absolute Gasteiger partial charge is 0.252 e. The van der Waals surface area contributed by atoms with Crippen LogP contribution in [0.3, 0.4) is 0 Å². The first-order chi connectivity index (χ1) is 12.5. The summed E-state index contributed by atoms with van der Waals surface area (Å²) in [5.74, 6) is -2.51. The summed E-state index contributed by atoms with van der Waals surface area (Å²) in [6, 6.07) is 13.8. The number of nitrogens with one attached hydrogen (secondary N) is 2. The Morgan fingerprint density at radius 2 is 1.77 bits per heavy atom. The lowest BCUT2D eigenvalue weighted by Crippen LogP contribution is -2.17. The van der Waals surface area contributed by atoms with Crippen molar-refractivity contribution in [1.29, 1.82) is 0 Å². The van der Waals surface area contributed by atoms with E-state index in [-0.39, 0.29) is 16.5 Å². The topological polar surface area (TPSA) is 74.8 Å². The van der Waals surface area contributed by atoms with E-state index in [0.717, 1.165) is 29.5 Å². The molecule has 5 nitrogen and oxygen atoms in total. The van der Waals surface area contributed by atoms with Crippen LogP contribution in [0.2, 0.25) is 0 Å². The highest BCUT2D eigenvalue weighted by atomic mass is 32.2. The van der Waals surface area contributed by atoms with Gasteiger partial charge >= 0.3 is 0 Å². The van der Waals surface area contributed by atoms with Crippen LogP contribution in [0.4, 0.5) is 14.5 Å². The summed E-state index contributed by atoms with van der Waals surface area (Å²) in [7, 11) is 0. The van der Waals surface area contributed by atoms with Gasteiger partial charge in [0, 0.05) is 11.6 Å². The van der Waals surface area contributed by atoms with Crippen molar-refractivity contribution >= 4 is 23.4 Å². The van der Waals surface area contributed by atoms with Crippen molar-refractivity contribution in [1.82, 2.24) is 9.97 Å². The van der Waals surface area contributed by atoms with E-state index in [4.69, 9.17) is 0 Å². The first-order valence-corrected chi connectivity index (χ1v) is 8.55. The van der Waals surface area contributed by atoms with Crippen molar-refractivity contribution in [2.24, 2.45) is 0 Å². The third kappa shape index (κ3) is 4.34. The number of benzene rings is 2. The molecular weight excluding hydrogens is 360 g/mol. The predicted molar refractivity (Wildman–Crippen MR) is 96.0 cm³/mol. The average Bonchev–Trinajstić information content (AvgIpc) is 2.63. The minimum Gasteiger partial charge on any atom is -0.320 e. The molecule has 0 unspecified atom stereocenters. The van der Waals surface area contributed by atoms with Gasteiger partial charge in [0.2, 0.25) is 5.91 Å². The number of carbonyl (C=O) groups excluding carboxylic acids is 1. The number of H-pyrrole nitrogens is 1. The van der Waals surface area contributed by atoms with Crippen LogP contribution in [-0.4, -0.2) is 21.6 Å². The first kappa shape index (κ1) is 17.8. The molecular formula is C18H13F2N3O2S. The highest BCUT2D eigenvalue weighted by molar-refractivity contribution is 7.99. The molecule has 3 aromatic rings. The molecule has 0 aliphatic heterocycles. The Morgan fingerprint density at radius 1 is 1.08 bits per heavy atom. The second-order valence-corrected chi connectivity index (χ2v) is 6.20. The van der Waals surface area contributed by atoms with Crippen LogP contribution in [0.25, 0.3) is 11.3 Å². The average molecular weight is 373 g/mol. The zero-order chi connectivity index (χ0) is 18.5. The van der Waals surface area contributed by atoms with Crippen molar-refractivity contribution in [2.75, 3.05) is 11.1 Å². The molecule has 2 N–H and O–H groups in total. The quantitative estimate of drug-likeness (QED) is 0.531. The third-order valence-electron chi connectivity index (χ3n) is 3.36. The van der Waals surface area contributed by atoms with Crippen LogP contribution < -0.4 is 10.9 Å². The van der Waals surface area contributed by atoms with Crippen molar-refractivity contribution in [3.63, 3.8) is 0 Å². The molecule has 0 aliphatic rings. The lowest BCUT2D eigenvalue weighted by atomic mass is 10.1. The van der Waals surface area contributed by atoms with Crippen molar-refractivity contribution in [3.8, 4) is 11.3 Å². The van der Waals surface area contributed by atoms with Gasteiger partial charge in [0.05, 0.1) is 11.4 Å². The lowest BCUT2D eigenvalue weighted by Gasteiger charge is -2.07. The molecule has 26 heavy (non-hydrogen) atoms. The van der Waals surface area contributed by atoms with Crippen molar-refractivity contribution < 1.29 is 13.6 Å². The first-order valence-electron chi connectivity index (χ1n) is 7.56. The fourth-order valence-corrected chi connectivity index (χ4v) is 2.86. The monoisotopic (exact) mass is 373 g/mol. The second-order valence-electron chi connectivity index (χ2n) is 5.24. The number of hydrogen-bond donors (Lipinski definition) is 2. The Labute approximate surface area is 151 Å². The molecule has 132 valence electrons. The van der Waals surface area contributed by atoms with E-state index in [0.29, 0.717) is 5.69 Å². The molecule has 1 heterocycles. The molecule has 2 aromatic carbocycles. The Hall–Kier alpha value is -3.00. The van der Waals surface area contributed by atoms with Crippen LogP contribution in [-0.2, 0) is 4.79 Å². The summed E-state index contributed by atoms with van der Waals surface area (Å²) in [6.07, 6.45) is 0. The fraction of sp³-hybridized carbons (Fsp3) is 0.0556. The summed E-state index contributed by atoms with van der Waals surface area (Å²) in [6.45, 7) is 0. The summed E-state index contributed by atoms with van der Waals surface area (Å²) < 4.78 is 27.1. The number of aromatic amines is 1. The number of rotatable bonds is 5. The molecule has 0 spiro atoms. The number of para-hydroxylation sites is 1. The molecule has 0 radical (unpaired) electrons. The molecule has 0 saturated carbocycles. The molecule has 0 atom stereocenters. The number of anilines is 1. The highest BCUT2D eigenvalue weighted by Crippen LogP contribution is 2.20. The van der Waals surface area contributed by atoms with Gasteiger partial charge in [-0.3, -0.25) is 9.59 Å². The molecule has 0 fully saturated rings. The van der Waals surface area contributed by atoms with Gasteiger partial charge in [-0.15, -0.1) is 0 Å². The summed E-state index contributed by atoms with van der Waals surface area (Å²) in [5, 5.41) is 2.42. The summed E-state index contributed by atoms with van der Waals surface area (Å²) in [5.41, 5.74) is 0.371. The SMILES string of the molecule is O=C(CSc1nc(-c2ccccc2)cc(=O)[nH]1)Nc1c(F)cccc1F. The van der Waals surface area contributed by atoms with Crippen LogP contribution in [0.5, 0.6) is 0 Å². The lowest BCUT2D eigenvalue weighted by molar-refractivity contribution is -0.113. The van der Waals surface area contributed by atoms with Crippen LogP contribution in [0.15, 0.2) is 64.5 Å². The van der Waals surface area contributed by atoms with E-state index < -0.39 is 23.2 Å². The van der Waals surface area contributed by atoms with Gasteiger partial charge < -0.3 is 10.3 Å². The van der Waals surface area contributed by atoms with Crippen LogP contribution >= 0.6 is 11.8 Å². The van der Waals surface area contributed by atoms with E-state index in [1.807, 2.05) is 30.3 Å². The van der Waals surface area contributed by atoms with E-state index >= 15 is 0 Å². The number of carbonyl (C=O) groups is 1. The van der Waals surface area contributed by atoms with Crippen LogP contribution in [0.1, 0.15) is 0 Å². The van der Waals surface area contributed by atoms with Gasteiger partial charge in [-0.05, 0) is 12.1 Å². The molecule has 1 amide bonds. The number of amides is 1. The van der Waals surface area contributed by atoms with Crippen LogP contribution in [0, 0.1) is 11.6 Å². The minimum absolute atomic E-state index is 0.172. The number of hydrogen-bond acceptors (Lipinski definition) is 4. The standard InChI is InChI=1S/C18H13F2N3O2S/c19-12-7-4-8-13(20)17(12)22-16(25)10-26-18-21-14(9-15(24)23-18)11-5-2-1-3-6-11/h1-9H,10H2,(H,22,25)(H,21,23,24). The molecule has 0 aliphatic carbocycles. The molecule has 0 bridgehead atoms. The predicted octanol–water partition coefficient (Wildman–Crippen LogP) is 3.45. The number of halogens is 2. The Morgan fingerprint density at radius 3 is 2.46 bits per heavy atom. The number of nitrogens with zero attached hydrogens (tertiary/aromatic N) is 1. The maximum absolute atomic E-state index is 13.5. The Balaban J connectivity index is 1.71. The molecule has 0 saturated heterocycles. The zero-order valence-corrected chi connectivity index (χ0v) is 14.1. The van der Waals surface area contributed by atoms with Crippen molar-refractivity contribution in [3.05, 3.63) is 76.6 Å². The van der Waals surface area contributed by atoms with Gasteiger partial charge in [-0.25, -0.2) is 13.8 Å². The van der Waals surface area contributed by atoms with E-state index in [1.165, 1.54) is 12.1 Å². The maximum Gasteiger partial charge on any atom is 0.252 e. The normalized spacial score (nSPS) is 10.5. The van der Waals surface area contributed by atoms with Gasteiger partial charge in [0.1, 0.15) is 17.3 Å². The zero-order valence-electron chi connectivity index (χ0n) is 13.3. The number of aromatic nitrogens is 2. The third-order valence-corrected chi connectivity index (χ3v) is 4.23. The summed E-state index contributed by atoms with van der Waals surface area (Å²) >= 11 is 0.959. The second kappa shape index (κ2) is 7.92. The Bertz CT molecular complexity index is 973. The molecule has 3 rings (SSSR count). The van der Waals surface area contributed by atoms with E-state index in [9.17, 15) is 18.4 Å². The van der Waals surface area contributed by atoms with Gasteiger partial charge in [0.15, 0.2) is 5.16 Å². The molecule has 8 heteroatoms. The van der Waals surface area contributed by atoms with Gasteiger partial charge in [0.25, 0.3) is 5.56 Å². The Kier molecular flexibility index (Phi) is 5.43. The van der Waals surface area contributed by atoms with Gasteiger partial charge in [-0.2, -0.15) is 0 Å². The van der Waals surface area contributed by atoms with E-state index in [2.05, 4.69) is 15.3 Å². The fourth-order valence-electron chi connectivity index (χ4n) is 2.19.